The molecule has 0 saturated carbocycles. The number of para-hydroxylation sites is 1. The first-order valence-electron chi connectivity index (χ1n) is 13.2. The van der Waals surface area contributed by atoms with E-state index in [0.717, 1.165) is 28.1 Å². The fourth-order valence-corrected chi connectivity index (χ4v) is 4.85. The summed E-state index contributed by atoms with van der Waals surface area (Å²) < 4.78 is 1.82. The quantitative estimate of drug-likeness (QED) is 0.197. The fraction of sp³-hybridized carbons (Fsp3) is 0.0882. The highest BCUT2D eigenvalue weighted by Crippen LogP contribution is 2.33. The second kappa shape index (κ2) is 10.2. The summed E-state index contributed by atoms with van der Waals surface area (Å²) in [6.07, 6.45) is 1.68. The lowest BCUT2D eigenvalue weighted by atomic mass is 9.93. The summed E-state index contributed by atoms with van der Waals surface area (Å²) >= 11 is 0. The zero-order valence-electron chi connectivity index (χ0n) is 22.6. The lowest BCUT2D eigenvalue weighted by Gasteiger charge is -2.29. The second-order valence-electron chi connectivity index (χ2n) is 9.99. The van der Waals surface area contributed by atoms with E-state index in [1.807, 2.05) is 103 Å². The highest BCUT2D eigenvalue weighted by Gasteiger charge is 2.36. The summed E-state index contributed by atoms with van der Waals surface area (Å²) in [5.74, 6) is -0.0323. The predicted molar refractivity (Wildman–Crippen MR) is 160 cm³/mol. The maximum atomic E-state index is 13.9. The van der Waals surface area contributed by atoms with Crippen LogP contribution in [0.4, 0.5) is 11.5 Å². The number of imide groups is 1. The van der Waals surface area contributed by atoms with Crippen molar-refractivity contribution < 1.29 is 9.59 Å². The van der Waals surface area contributed by atoms with Crippen LogP contribution in [0, 0.1) is 20.8 Å². The maximum Gasteiger partial charge on any atom is 0.267 e. The number of nitrogens with zero attached hydrogens (tertiary/aromatic N) is 3. The molecule has 5 aromatic rings. The lowest BCUT2D eigenvalue weighted by molar-refractivity contribution is -0.112. The molecule has 0 fully saturated rings. The average molecular weight is 525 g/mol. The number of nitrogens with one attached hydrogen (secondary N) is 1. The first-order chi connectivity index (χ1) is 19.4. The number of carbonyl (C=O) groups excluding carboxylic acids is 2. The molecule has 6 nitrogen and oxygen atoms in total. The summed E-state index contributed by atoms with van der Waals surface area (Å²) in [4.78, 5) is 28.7. The molecular weight excluding hydrogens is 496 g/mol. The largest absolute Gasteiger partial charge is 0.346 e. The van der Waals surface area contributed by atoms with Crippen molar-refractivity contribution in [3.05, 3.63) is 137 Å². The Balaban J connectivity index is 1.44. The molecule has 40 heavy (non-hydrogen) atoms. The topological polar surface area (TPSA) is 67.2 Å². The van der Waals surface area contributed by atoms with Gasteiger partial charge in [0.05, 0.1) is 22.6 Å². The molecule has 0 saturated heterocycles. The molecule has 1 N–H and O–H groups in total. The van der Waals surface area contributed by atoms with E-state index >= 15 is 0 Å². The van der Waals surface area contributed by atoms with Crippen LogP contribution in [0.3, 0.4) is 0 Å². The van der Waals surface area contributed by atoms with Gasteiger partial charge in [-0.15, -0.1) is 0 Å². The average Bonchev–Trinajstić information content (AvgIpc) is 3.40. The van der Waals surface area contributed by atoms with Gasteiger partial charge in [0.25, 0.3) is 11.8 Å². The summed E-state index contributed by atoms with van der Waals surface area (Å²) in [5, 5.41) is 8.22. The molecule has 0 unspecified atom stereocenters. The number of carbonyl (C=O) groups is 2. The van der Waals surface area contributed by atoms with Crippen LogP contribution in [-0.4, -0.2) is 21.6 Å². The van der Waals surface area contributed by atoms with Crippen molar-refractivity contribution in [3.8, 4) is 16.9 Å². The standard InChI is InChI=1S/C34H28N4O2/c1-22-13-16-25(17-14-22)31-20-32(38(36-31)26-9-5-4-6-10-26)35-21-30-28-11-7-8-12-29(28)33(39)37(34(30)40)27-18-15-23(2)24(3)19-27/h4-21,35H,1-3H3/b30-21+. The third-order valence-corrected chi connectivity index (χ3v) is 7.25. The number of anilines is 2. The number of hydrogen-bond donors (Lipinski definition) is 1. The second-order valence-corrected chi connectivity index (χ2v) is 9.99. The van der Waals surface area contributed by atoms with Gasteiger partial charge < -0.3 is 5.32 Å². The van der Waals surface area contributed by atoms with Crippen LogP contribution in [0.15, 0.2) is 109 Å². The summed E-state index contributed by atoms with van der Waals surface area (Å²) in [5.41, 5.74) is 7.96. The SMILES string of the molecule is Cc1ccc(-c2cc(N/C=C3/C(=O)N(c4ccc(C)c(C)c4)C(=O)c4ccccc43)n(-c3ccccc3)n2)cc1. The van der Waals surface area contributed by atoms with Gasteiger partial charge in [0.2, 0.25) is 0 Å². The first-order valence-corrected chi connectivity index (χ1v) is 13.2. The lowest BCUT2D eigenvalue weighted by Crippen LogP contribution is -2.42. The molecule has 6 heteroatoms. The Morgan fingerprint density at radius 1 is 0.675 bits per heavy atom. The van der Waals surface area contributed by atoms with E-state index in [2.05, 4.69) is 24.4 Å². The zero-order chi connectivity index (χ0) is 27.8. The summed E-state index contributed by atoms with van der Waals surface area (Å²) in [6, 6.07) is 32.8. The number of rotatable bonds is 5. The van der Waals surface area contributed by atoms with Crippen molar-refractivity contribution in [3.63, 3.8) is 0 Å². The van der Waals surface area contributed by atoms with Gasteiger partial charge in [-0.25, -0.2) is 9.58 Å². The van der Waals surface area contributed by atoms with Crippen LogP contribution in [0.1, 0.15) is 32.6 Å². The minimum atomic E-state index is -0.385. The number of benzene rings is 4. The van der Waals surface area contributed by atoms with Crippen molar-refractivity contribution in [2.24, 2.45) is 0 Å². The minimum absolute atomic E-state index is 0.336. The number of amides is 2. The highest BCUT2D eigenvalue weighted by atomic mass is 16.2. The third-order valence-electron chi connectivity index (χ3n) is 7.25. The van der Waals surface area contributed by atoms with Gasteiger partial charge in [0, 0.05) is 29.0 Å². The van der Waals surface area contributed by atoms with Gasteiger partial charge in [-0.2, -0.15) is 5.10 Å². The Kier molecular flexibility index (Phi) is 6.36. The monoisotopic (exact) mass is 524 g/mol. The molecule has 1 aliphatic rings. The molecule has 0 atom stereocenters. The van der Waals surface area contributed by atoms with Crippen LogP contribution in [-0.2, 0) is 4.79 Å². The fourth-order valence-electron chi connectivity index (χ4n) is 4.85. The predicted octanol–water partition coefficient (Wildman–Crippen LogP) is 7.10. The number of aryl methyl sites for hydroxylation is 3. The molecular formula is C34H28N4O2. The van der Waals surface area contributed by atoms with E-state index in [4.69, 9.17) is 5.10 Å². The Hall–Kier alpha value is -5.23. The van der Waals surface area contributed by atoms with Gasteiger partial charge in [-0.05, 0) is 62.2 Å². The normalized spacial score (nSPS) is 14.0. The molecule has 0 bridgehead atoms. The maximum absolute atomic E-state index is 13.9. The minimum Gasteiger partial charge on any atom is -0.346 e. The Bertz CT molecular complexity index is 1780. The van der Waals surface area contributed by atoms with Gasteiger partial charge >= 0.3 is 0 Å². The van der Waals surface area contributed by atoms with Crippen LogP contribution >= 0.6 is 0 Å². The Morgan fingerprint density at radius 3 is 2.10 bits per heavy atom. The van der Waals surface area contributed by atoms with E-state index in [1.165, 1.54) is 10.5 Å². The molecule has 0 radical (unpaired) electrons. The number of hydrogen-bond acceptors (Lipinski definition) is 4. The van der Waals surface area contributed by atoms with E-state index < -0.39 is 0 Å². The van der Waals surface area contributed by atoms with Crippen LogP contribution < -0.4 is 10.2 Å². The molecule has 0 aliphatic carbocycles. The van der Waals surface area contributed by atoms with E-state index in [0.29, 0.717) is 28.2 Å². The highest BCUT2D eigenvalue weighted by molar-refractivity contribution is 6.41. The summed E-state index contributed by atoms with van der Waals surface area (Å²) in [7, 11) is 0. The molecule has 0 spiro atoms. The van der Waals surface area contributed by atoms with Gasteiger partial charge in [0.1, 0.15) is 5.82 Å². The van der Waals surface area contributed by atoms with Crippen molar-refractivity contribution in [2.75, 3.05) is 10.2 Å². The first kappa shape index (κ1) is 25.1. The van der Waals surface area contributed by atoms with Crippen LogP contribution in [0.5, 0.6) is 0 Å². The van der Waals surface area contributed by atoms with E-state index in [1.54, 1.807) is 12.3 Å². The molecule has 6 rings (SSSR count). The molecule has 2 amide bonds. The van der Waals surface area contributed by atoms with Gasteiger partial charge in [-0.1, -0.05) is 72.3 Å². The Morgan fingerprint density at radius 2 is 1.38 bits per heavy atom. The molecule has 1 aliphatic heterocycles. The van der Waals surface area contributed by atoms with Crippen molar-refractivity contribution in [1.29, 1.82) is 0 Å². The smallest absolute Gasteiger partial charge is 0.267 e. The zero-order valence-corrected chi connectivity index (χ0v) is 22.6. The van der Waals surface area contributed by atoms with Gasteiger partial charge in [-0.3, -0.25) is 9.59 Å². The van der Waals surface area contributed by atoms with Crippen molar-refractivity contribution in [2.45, 2.75) is 20.8 Å². The van der Waals surface area contributed by atoms with E-state index in [9.17, 15) is 9.59 Å². The Labute approximate surface area is 233 Å². The molecule has 196 valence electrons. The number of aromatic nitrogens is 2. The number of fused-ring (bicyclic) bond motifs is 1. The third kappa shape index (κ3) is 4.50. The molecule has 4 aromatic carbocycles. The molecule has 2 heterocycles. The summed E-state index contributed by atoms with van der Waals surface area (Å²) in [6.45, 7) is 6.03. The van der Waals surface area contributed by atoms with Crippen molar-refractivity contribution >= 4 is 28.9 Å². The van der Waals surface area contributed by atoms with Gasteiger partial charge in [0.15, 0.2) is 0 Å². The van der Waals surface area contributed by atoms with E-state index in [-0.39, 0.29) is 11.8 Å². The van der Waals surface area contributed by atoms with Crippen molar-refractivity contribution in [1.82, 2.24) is 9.78 Å². The molecule has 1 aromatic heterocycles. The van der Waals surface area contributed by atoms with Crippen LogP contribution in [0.25, 0.3) is 22.5 Å². The van der Waals surface area contributed by atoms with Crippen LogP contribution in [0.2, 0.25) is 0 Å².